The molecule has 3 unspecified atom stereocenters. The summed E-state index contributed by atoms with van der Waals surface area (Å²) in [5.74, 6) is 2.95. The maximum absolute atomic E-state index is 12.9. The van der Waals surface area contributed by atoms with Gasteiger partial charge in [-0.3, -0.25) is 4.79 Å². The Morgan fingerprint density at radius 2 is 1.96 bits per heavy atom. The first-order valence-electron chi connectivity index (χ1n) is 11.1. The molecule has 1 aliphatic heterocycles. The Morgan fingerprint density at radius 3 is 2.67 bits per heavy atom. The SMILES string of the molecule is O=C(NC1CC2CCC1C2)C1=C[C@@H](C2CCCC2)C[C@@H](OCCCCO)O1. The quantitative estimate of drug-likeness (QED) is 0.635. The molecular weight excluding hydrogens is 342 g/mol. The molecular formula is C22H35NO4. The monoisotopic (exact) mass is 377 g/mol. The fraction of sp³-hybridized carbons (Fsp3) is 0.864. The summed E-state index contributed by atoms with van der Waals surface area (Å²) >= 11 is 0. The van der Waals surface area contributed by atoms with Crippen LogP contribution < -0.4 is 5.32 Å². The van der Waals surface area contributed by atoms with Crippen LogP contribution in [0.1, 0.15) is 70.6 Å². The minimum absolute atomic E-state index is 0.0424. The summed E-state index contributed by atoms with van der Waals surface area (Å²) in [4.78, 5) is 12.9. The van der Waals surface area contributed by atoms with E-state index in [0.29, 0.717) is 36.2 Å². The molecule has 0 aromatic rings. The Morgan fingerprint density at radius 1 is 1.11 bits per heavy atom. The molecule has 0 aromatic heterocycles. The molecule has 4 aliphatic rings. The normalized spacial score (nSPS) is 35.9. The summed E-state index contributed by atoms with van der Waals surface area (Å²) in [6.07, 6.45) is 14.3. The third-order valence-electron chi connectivity index (χ3n) is 7.23. The van der Waals surface area contributed by atoms with Gasteiger partial charge in [0.05, 0.1) is 6.61 Å². The number of amides is 1. The van der Waals surface area contributed by atoms with Crippen LogP contribution in [0.3, 0.4) is 0 Å². The highest BCUT2D eigenvalue weighted by atomic mass is 16.7. The van der Waals surface area contributed by atoms with Crippen molar-refractivity contribution >= 4 is 5.91 Å². The van der Waals surface area contributed by atoms with Crippen LogP contribution in [0.15, 0.2) is 11.8 Å². The summed E-state index contributed by atoms with van der Waals surface area (Å²) in [7, 11) is 0. The van der Waals surface area contributed by atoms with Gasteiger partial charge in [-0.1, -0.05) is 19.3 Å². The van der Waals surface area contributed by atoms with E-state index in [1.165, 1.54) is 44.9 Å². The number of nitrogens with one attached hydrogen (secondary N) is 1. The van der Waals surface area contributed by atoms with E-state index in [2.05, 4.69) is 11.4 Å². The van der Waals surface area contributed by atoms with Crippen molar-refractivity contribution in [3.63, 3.8) is 0 Å². The Kier molecular flexibility index (Phi) is 6.39. The number of fused-ring (bicyclic) bond motifs is 2. The van der Waals surface area contributed by atoms with Crippen molar-refractivity contribution in [2.24, 2.45) is 23.7 Å². The van der Waals surface area contributed by atoms with E-state index in [1.54, 1.807) is 0 Å². The predicted molar refractivity (Wildman–Crippen MR) is 103 cm³/mol. The number of aliphatic hydroxyl groups is 1. The van der Waals surface area contributed by atoms with Crippen molar-refractivity contribution < 1.29 is 19.4 Å². The van der Waals surface area contributed by atoms with Crippen LogP contribution in [-0.4, -0.2) is 36.6 Å². The van der Waals surface area contributed by atoms with Gasteiger partial charge in [0.1, 0.15) is 0 Å². The van der Waals surface area contributed by atoms with E-state index in [4.69, 9.17) is 14.6 Å². The zero-order valence-corrected chi connectivity index (χ0v) is 16.4. The first kappa shape index (κ1) is 19.3. The van der Waals surface area contributed by atoms with Crippen molar-refractivity contribution in [2.75, 3.05) is 13.2 Å². The highest BCUT2D eigenvalue weighted by Crippen LogP contribution is 2.44. The lowest BCUT2D eigenvalue weighted by Gasteiger charge is -2.32. The molecule has 3 aliphatic carbocycles. The van der Waals surface area contributed by atoms with Crippen LogP contribution in [-0.2, 0) is 14.3 Å². The second-order valence-corrected chi connectivity index (χ2v) is 9.08. The van der Waals surface area contributed by atoms with Crippen LogP contribution in [0.25, 0.3) is 0 Å². The van der Waals surface area contributed by atoms with Crippen molar-refractivity contribution in [1.82, 2.24) is 5.32 Å². The number of carbonyl (C=O) groups excluding carboxylic acids is 1. The standard InChI is InChI=1S/C22H35NO4/c24-9-3-4-10-26-21-14-18(16-5-1-2-6-16)13-20(27-21)22(25)23-19-12-15-7-8-17(19)11-15/h13,15-19,21,24H,1-12,14H2,(H,23,25)/t15?,17?,18-,19?,21+/m1/s1. The Balaban J connectivity index is 1.37. The van der Waals surface area contributed by atoms with Crippen molar-refractivity contribution in [1.29, 1.82) is 0 Å². The van der Waals surface area contributed by atoms with Crippen molar-refractivity contribution in [3.8, 4) is 0 Å². The molecule has 0 radical (unpaired) electrons. The lowest BCUT2D eigenvalue weighted by Crippen LogP contribution is -2.41. The fourth-order valence-corrected chi connectivity index (χ4v) is 5.75. The van der Waals surface area contributed by atoms with E-state index in [1.807, 2.05) is 0 Å². The predicted octanol–water partition coefficient (Wildman–Crippen LogP) is 3.52. The van der Waals surface area contributed by atoms with Crippen molar-refractivity contribution in [3.05, 3.63) is 11.8 Å². The number of aliphatic hydroxyl groups excluding tert-OH is 1. The summed E-state index contributed by atoms with van der Waals surface area (Å²) in [5.41, 5.74) is 0. The van der Waals surface area contributed by atoms with Crippen molar-refractivity contribution in [2.45, 2.75) is 83.0 Å². The average Bonchev–Trinajstić information content (AvgIpc) is 3.43. The van der Waals surface area contributed by atoms with Crippen LogP contribution in [0.2, 0.25) is 0 Å². The van der Waals surface area contributed by atoms with Gasteiger partial charge in [0.25, 0.3) is 5.91 Å². The smallest absolute Gasteiger partial charge is 0.286 e. The fourth-order valence-electron chi connectivity index (χ4n) is 5.75. The van der Waals surface area contributed by atoms with E-state index >= 15 is 0 Å². The third-order valence-corrected chi connectivity index (χ3v) is 7.23. The van der Waals surface area contributed by atoms with Crippen LogP contribution in [0.5, 0.6) is 0 Å². The van der Waals surface area contributed by atoms with E-state index in [-0.39, 0.29) is 18.8 Å². The second-order valence-electron chi connectivity index (χ2n) is 9.08. The van der Waals surface area contributed by atoms with Gasteiger partial charge in [0.2, 0.25) is 6.29 Å². The number of hydrogen-bond acceptors (Lipinski definition) is 4. The third kappa shape index (κ3) is 4.68. The molecule has 152 valence electrons. The molecule has 5 heteroatoms. The number of unbranched alkanes of at least 4 members (excludes halogenated alkanes) is 1. The topological polar surface area (TPSA) is 67.8 Å². The molecule has 0 saturated heterocycles. The molecule has 2 N–H and O–H groups in total. The van der Waals surface area contributed by atoms with Gasteiger partial charge >= 0.3 is 0 Å². The largest absolute Gasteiger partial charge is 0.459 e. The van der Waals surface area contributed by atoms with Gasteiger partial charge in [0, 0.05) is 19.1 Å². The molecule has 1 heterocycles. The minimum atomic E-state index is -0.333. The zero-order chi connectivity index (χ0) is 18.6. The molecule has 3 fully saturated rings. The van der Waals surface area contributed by atoms with Gasteiger partial charge in [-0.05, 0) is 74.7 Å². The maximum atomic E-state index is 12.9. The van der Waals surface area contributed by atoms with Gasteiger partial charge in [-0.2, -0.15) is 0 Å². The summed E-state index contributed by atoms with van der Waals surface area (Å²) in [6, 6.07) is 0.330. The molecule has 4 rings (SSSR count). The number of carbonyl (C=O) groups is 1. The highest BCUT2D eigenvalue weighted by Gasteiger charge is 2.41. The van der Waals surface area contributed by atoms with Gasteiger partial charge < -0.3 is 19.9 Å². The Hall–Kier alpha value is -1.07. The lowest BCUT2D eigenvalue weighted by atomic mass is 9.86. The first-order valence-corrected chi connectivity index (χ1v) is 11.1. The Labute approximate surface area is 162 Å². The van der Waals surface area contributed by atoms with E-state index in [9.17, 15) is 4.79 Å². The zero-order valence-electron chi connectivity index (χ0n) is 16.4. The summed E-state index contributed by atoms with van der Waals surface area (Å²) < 4.78 is 11.9. The van der Waals surface area contributed by atoms with E-state index < -0.39 is 0 Å². The molecule has 5 atom stereocenters. The molecule has 0 aromatic carbocycles. The molecule has 2 bridgehead atoms. The molecule has 5 nitrogen and oxygen atoms in total. The average molecular weight is 378 g/mol. The molecule has 27 heavy (non-hydrogen) atoms. The maximum Gasteiger partial charge on any atom is 0.286 e. The molecule has 3 saturated carbocycles. The van der Waals surface area contributed by atoms with Gasteiger partial charge in [-0.15, -0.1) is 0 Å². The molecule has 1 amide bonds. The van der Waals surface area contributed by atoms with Crippen LogP contribution in [0, 0.1) is 23.7 Å². The summed E-state index contributed by atoms with van der Waals surface area (Å²) in [5, 5.41) is 12.2. The first-order chi connectivity index (χ1) is 13.2. The van der Waals surface area contributed by atoms with Crippen LogP contribution in [0.4, 0.5) is 0 Å². The van der Waals surface area contributed by atoms with Gasteiger partial charge in [0.15, 0.2) is 5.76 Å². The van der Waals surface area contributed by atoms with Gasteiger partial charge in [-0.25, -0.2) is 0 Å². The summed E-state index contributed by atoms with van der Waals surface area (Å²) in [6.45, 7) is 0.764. The molecule has 0 spiro atoms. The Bertz CT molecular complexity index is 542. The number of rotatable bonds is 8. The number of ether oxygens (including phenoxy) is 2. The number of hydrogen-bond donors (Lipinski definition) is 2. The minimum Gasteiger partial charge on any atom is -0.459 e. The highest BCUT2D eigenvalue weighted by molar-refractivity contribution is 5.91. The number of allylic oxidation sites excluding steroid dienone is 1. The van der Waals surface area contributed by atoms with E-state index in [0.717, 1.165) is 31.6 Å². The van der Waals surface area contributed by atoms with Crippen LogP contribution >= 0.6 is 0 Å². The second kappa shape index (κ2) is 8.95. The lowest BCUT2D eigenvalue weighted by molar-refractivity contribution is -0.151.